The second-order valence-corrected chi connectivity index (χ2v) is 9.29. The fraction of sp³-hybridized carbons (Fsp3) is 0.769. The van der Waals surface area contributed by atoms with Crippen LogP contribution in [0.5, 0.6) is 0 Å². The summed E-state index contributed by atoms with van der Waals surface area (Å²) in [6, 6.07) is 0.243. The summed E-state index contributed by atoms with van der Waals surface area (Å²) in [5, 5.41) is -0.0395. The predicted molar refractivity (Wildman–Crippen MR) is 83.5 cm³/mol. The lowest BCUT2D eigenvalue weighted by Crippen LogP contribution is -2.40. The summed E-state index contributed by atoms with van der Waals surface area (Å²) in [6.07, 6.45) is 5.16. The van der Waals surface area contributed by atoms with Gasteiger partial charge < -0.3 is 9.30 Å². The normalized spacial score (nSPS) is 30.1. The number of aromatic nitrogens is 2. The molecule has 21 heavy (non-hydrogen) atoms. The molecule has 8 heteroatoms. The van der Waals surface area contributed by atoms with Gasteiger partial charge in [-0.15, -0.1) is 0 Å². The summed E-state index contributed by atoms with van der Waals surface area (Å²) >= 11 is 1.93. The van der Waals surface area contributed by atoms with E-state index < -0.39 is 9.05 Å². The SMILES string of the molecule is CCc1nc(S(=O)(=O)Cl)cn1C1CCOC2(CCSC2)C1. The molecular weight excluding hydrogens is 332 g/mol. The van der Waals surface area contributed by atoms with Gasteiger partial charge in [0.05, 0.1) is 5.60 Å². The highest BCUT2D eigenvalue weighted by atomic mass is 35.7. The zero-order valence-electron chi connectivity index (χ0n) is 11.9. The molecule has 2 aliphatic rings. The van der Waals surface area contributed by atoms with Crippen molar-refractivity contribution in [2.24, 2.45) is 0 Å². The summed E-state index contributed by atoms with van der Waals surface area (Å²) < 4.78 is 31.0. The Bertz CT molecular complexity index is 623. The molecule has 0 aromatic carbocycles. The standard InChI is InChI=1S/C13H19ClN2O3S2/c1-2-11-15-12(21(14,17)18)8-16(11)10-3-5-19-13(7-10)4-6-20-9-13/h8,10H,2-7,9H2,1H3. The van der Waals surface area contributed by atoms with Gasteiger partial charge in [-0.3, -0.25) is 0 Å². The molecule has 2 atom stereocenters. The van der Waals surface area contributed by atoms with Gasteiger partial charge in [0.2, 0.25) is 0 Å². The number of ether oxygens (including phenoxy) is 1. The van der Waals surface area contributed by atoms with Crippen LogP contribution < -0.4 is 0 Å². The molecule has 1 spiro atoms. The number of rotatable bonds is 3. The average molecular weight is 351 g/mol. The van der Waals surface area contributed by atoms with Crippen molar-refractivity contribution >= 4 is 31.5 Å². The lowest BCUT2D eigenvalue weighted by atomic mass is 9.89. The minimum absolute atomic E-state index is 0.0388. The van der Waals surface area contributed by atoms with Crippen molar-refractivity contribution in [3.05, 3.63) is 12.0 Å². The van der Waals surface area contributed by atoms with Gasteiger partial charge >= 0.3 is 0 Å². The molecule has 5 nitrogen and oxygen atoms in total. The van der Waals surface area contributed by atoms with E-state index in [1.807, 2.05) is 23.3 Å². The third-order valence-electron chi connectivity index (χ3n) is 4.28. The van der Waals surface area contributed by atoms with Crippen molar-refractivity contribution < 1.29 is 13.2 Å². The van der Waals surface area contributed by atoms with Crippen LogP contribution in [0.4, 0.5) is 0 Å². The Hall–Kier alpha value is -0.240. The van der Waals surface area contributed by atoms with Gasteiger partial charge in [0.25, 0.3) is 9.05 Å². The number of nitrogens with zero attached hydrogens (tertiary/aromatic N) is 2. The highest BCUT2D eigenvalue weighted by Gasteiger charge is 2.41. The number of thioether (sulfide) groups is 1. The first kappa shape index (κ1) is 15.6. The Morgan fingerprint density at radius 1 is 1.62 bits per heavy atom. The molecule has 0 aliphatic carbocycles. The molecule has 0 amide bonds. The third-order valence-corrected chi connectivity index (χ3v) is 6.67. The number of aryl methyl sites for hydroxylation is 1. The van der Waals surface area contributed by atoms with Crippen molar-refractivity contribution in [1.29, 1.82) is 0 Å². The molecule has 0 bridgehead atoms. The van der Waals surface area contributed by atoms with Gasteiger partial charge in [0.15, 0.2) is 5.03 Å². The minimum atomic E-state index is -3.78. The van der Waals surface area contributed by atoms with E-state index in [1.54, 1.807) is 6.20 Å². The summed E-state index contributed by atoms with van der Waals surface area (Å²) in [4.78, 5) is 4.19. The second-order valence-electron chi connectivity index (χ2n) is 5.67. The van der Waals surface area contributed by atoms with E-state index >= 15 is 0 Å². The fourth-order valence-corrected chi connectivity index (χ4v) is 5.26. The lowest BCUT2D eigenvalue weighted by Gasteiger charge is -2.38. The van der Waals surface area contributed by atoms with E-state index in [0.717, 1.165) is 43.2 Å². The zero-order valence-corrected chi connectivity index (χ0v) is 14.3. The highest BCUT2D eigenvalue weighted by molar-refractivity contribution is 8.13. The molecule has 1 aromatic rings. The molecule has 0 N–H and O–H groups in total. The largest absolute Gasteiger partial charge is 0.374 e. The van der Waals surface area contributed by atoms with E-state index in [1.165, 1.54) is 0 Å². The van der Waals surface area contributed by atoms with E-state index in [-0.39, 0.29) is 16.7 Å². The maximum absolute atomic E-state index is 11.5. The smallest absolute Gasteiger partial charge is 0.280 e. The zero-order chi connectivity index (χ0) is 15.1. The van der Waals surface area contributed by atoms with Crippen LogP contribution in [-0.2, 0) is 20.2 Å². The van der Waals surface area contributed by atoms with Crippen molar-refractivity contribution in [2.45, 2.75) is 49.3 Å². The lowest BCUT2D eigenvalue weighted by molar-refractivity contribution is -0.0765. The van der Waals surface area contributed by atoms with Crippen LogP contribution in [0.3, 0.4) is 0 Å². The van der Waals surface area contributed by atoms with Crippen LogP contribution >= 0.6 is 22.4 Å². The second kappa shape index (κ2) is 5.76. The van der Waals surface area contributed by atoms with Gasteiger partial charge in [-0.25, -0.2) is 13.4 Å². The van der Waals surface area contributed by atoms with E-state index in [4.69, 9.17) is 15.4 Å². The van der Waals surface area contributed by atoms with E-state index in [2.05, 4.69) is 4.98 Å². The first-order chi connectivity index (χ1) is 9.93. The first-order valence-electron chi connectivity index (χ1n) is 7.18. The number of hydrogen-bond donors (Lipinski definition) is 0. The highest BCUT2D eigenvalue weighted by Crippen LogP contribution is 2.42. The topological polar surface area (TPSA) is 61.2 Å². The molecule has 0 saturated carbocycles. The summed E-state index contributed by atoms with van der Waals surface area (Å²) in [6.45, 7) is 2.69. The minimum Gasteiger partial charge on any atom is -0.374 e. The molecule has 2 aliphatic heterocycles. The number of hydrogen-bond acceptors (Lipinski definition) is 5. The third kappa shape index (κ3) is 3.11. The van der Waals surface area contributed by atoms with Crippen molar-refractivity contribution in [1.82, 2.24) is 9.55 Å². The Morgan fingerprint density at radius 2 is 2.43 bits per heavy atom. The van der Waals surface area contributed by atoms with Crippen LogP contribution in [0.15, 0.2) is 11.2 Å². The van der Waals surface area contributed by atoms with Crippen LogP contribution in [0.1, 0.15) is 38.1 Å². The molecule has 3 heterocycles. The number of halogens is 1. The molecule has 2 unspecified atom stereocenters. The summed E-state index contributed by atoms with van der Waals surface area (Å²) in [5.74, 6) is 2.95. The summed E-state index contributed by atoms with van der Waals surface area (Å²) in [7, 11) is 1.65. The molecular formula is C13H19ClN2O3S2. The van der Waals surface area contributed by atoms with Gasteiger partial charge in [0, 0.05) is 41.7 Å². The van der Waals surface area contributed by atoms with Crippen molar-refractivity contribution in [3.8, 4) is 0 Å². The van der Waals surface area contributed by atoms with Gasteiger partial charge in [0.1, 0.15) is 5.82 Å². The Kier molecular flexibility index (Phi) is 4.29. The molecule has 1 aromatic heterocycles. The van der Waals surface area contributed by atoms with Crippen LogP contribution in [-0.4, -0.2) is 41.7 Å². The Labute approximate surface area is 133 Å². The Morgan fingerprint density at radius 3 is 3.05 bits per heavy atom. The molecule has 3 rings (SSSR count). The van der Waals surface area contributed by atoms with E-state index in [9.17, 15) is 8.42 Å². The van der Waals surface area contributed by atoms with Gasteiger partial charge in [-0.05, 0) is 25.0 Å². The number of imidazole rings is 1. The molecule has 0 radical (unpaired) electrons. The molecule has 2 saturated heterocycles. The van der Waals surface area contributed by atoms with E-state index in [0.29, 0.717) is 6.42 Å². The Balaban J connectivity index is 1.90. The van der Waals surface area contributed by atoms with Crippen molar-refractivity contribution in [2.75, 3.05) is 18.1 Å². The van der Waals surface area contributed by atoms with Crippen LogP contribution in [0, 0.1) is 0 Å². The quantitative estimate of drug-likeness (QED) is 0.784. The first-order valence-corrected chi connectivity index (χ1v) is 10.6. The van der Waals surface area contributed by atoms with Crippen LogP contribution in [0.25, 0.3) is 0 Å². The summed E-state index contributed by atoms with van der Waals surface area (Å²) in [5.41, 5.74) is -0.0388. The van der Waals surface area contributed by atoms with Crippen molar-refractivity contribution in [3.63, 3.8) is 0 Å². The molecule has 118 valence electrons. The van der Waals surface area contributed by atoms with Gasteiger partial charge in [-0.1, -0.05) is 6.92 Å². The maximum Gasteiger partial charge on any atom is 0.280 e. The fourth-order valence-electron chi connectivity index (χ4n) is 3.21. The van der Waals surface area contributed by atoms with Gasteiger partial charge in [-0.2, -0.15) is 11.8 Å². The monoisotopic (exact) mass is 350 g/mol. The average Bonchev–Trinajstić information content (AvgIpc) is 3.05. The predicted octanol–water partition coefficient (Wildman–Crippen LogP) is 2.60. The molecule has 2 fully saturated rings. The maximum atomic E-state index is 11.5. The van der Waals surface area contributed by atoms with Crippen LogP contribution in [0.2, 0.25) is 0 Å².